The van der Waals surface area contributed by atoms with E-state index in [1.165, 1.54) is 34.5 Å². The van der Waals surface area contributed by atoms with Crippen LogP contribution in [0, 0.1) is 0 Å². The third-order valence-corrected chi connectivity index (χ3v) is 5.54. The fourth-order valence-corrected chi connectivity index (χ4v) is 3.89. The molecule has 0 heterocycles. The summed E-state index contributed by atoms with van der Waals surface area (Å²) in [5.74, 6) is 0.361. The number of carbonyl (C=O) groups is 1. The van der Waals surface area contributed by atoms with Crippen molar-refractivity contribution in [1.82, 2.24) is 0 Å². The molecule has 11 heteroatoms. The second kappa shape index (κ2) is 12.6. The molecule has 9 nitrogen and oxygen atoms in total. The molecule has 0 saturated heterocycles. The Hall–Kier alpha value is -2.40. The fourth-order valence-electron chi connectivity index (χ4n) is 2.80. The van der Waals surface area contributed by atoms with E-state index in [0.717, 1.165) is 5.41 Å². The number of carboxylic acid groups (broad SMARTS) is 1. The summed E-state index contributed by atoms with van der Waals surface area (Å²) in [5, 5.41) is 12.6. The van der Waals surface area contributed by atoms with Crippen molar-refractivity contribution in [2.45, 2.75) is 5.75 Å². The van der Waals surface area contributed by atoms with Crippen LogP contribution in [0.2, 0.25) is 0 Å². The molecule has 0 atom stereocenters. The van der Waals surface area contributed by atoms with Crippen LogP contribution >= 0.6 is 0 Å². The maximum absolute atomic E-state index is 12.7. The van der Waals surface area contributed by atoms with Crippen LogP contribution in [0.1, 0.15) is 11.1 Å². The van der Waals surface area contributed by atoms with Crippen molar-refractivity contribution >= 4 is 57.1 Å². The van der Waals surface area contributed by atoms with Crippen LogP contribution in [-0.2, 0) is 20.4 Å². The summed E-state index contributed by atoms with van der Waals surface area (Å²) in [7, 11) is 2.19. The number of methoxy groups -OCH3 is 4. The number of rotatable bonds is 11. The molecule has 0 fully saturated rings. The number of carboxylic acids is 1. The summed E-state index contributed by atoms with van der Waals surface area (Å²) < 4.78 is 46.4. The third-order valence-electron chi connectivity index (χ3n) is 4.26. The van der Waals surface area contributed by atoms with E-state index >= 15 is 0 Å². The minimum Gasteiger partial charge on any atom is -0.496 e. The maximum Gasteiger partial charge on any atom is 0.322 e. The Kier molecular flexibility index (Phi) is 10.9. The van der Waals surface area contributed by atoms with E-state index in [1.54, 1.807) is 30.3 Å². The predicted octanol–water partition coefficient (Wildman–Crippen LogP) is 2.42. The Bertz CT molecular complexity index is 1040. The third kappa shape index (κ3) is 7.63. The van der Waals surface area contributed by atoms with Crippen LogP contribution in [0.5, 0.6) is 23.0 Å². The van der Waals surface area contributed by atoms with Gasteiger partial charge in [-0.1, -0.05) is 6.07 Å². The van der Waals surface area contributed by atoms with Gasteiger partial charge < -0.3 is 29.4 Å². The Morgan fingerprint density at radius 3 is 2.06 bits per heavy atom. The van der Waals surface area contributed by atoms with Gasteiger partial charge in [0.15, 0.2) is 9.84 Å². The van der Waals surface area contributed by atoms with Gasteiger partial charge in [0.2, 0.25) is 0 Å². The average Bonchev–Trinajstić information content (AvgIpc) is 2.75. The summed E-state index contributed by atoms with van der Waals surface area (Å²) >= 11 is 0. The molecule has 0 unspecified atom stereocenters. The number of aliphatic carboxylic acids is 1. The molecule has 2 aromatic carbocycles. The van der Waals surface area contributed by atoms with Crippen molar-refractivity contribution in [2.24, 2.45) is 0 Å². The molecule has 0 aliphatic carbocycles. The summed E-state index contributed by atoms with van der Waals surface area (Å²) in [6, 6.07) is 7.97. The molecule has 0 spiro atoms. The van der Waals surface area contributed by atoms with Crippen LogP contribution in [0.15, 0.2) is 35.7 Å². The molecule has 0 amide bonds. The molecule has 2 rings (SSSR count). The second-order valence-electron chi connectivity index (χ2n) is 6.34. The molecule has 169 valence electrons. The molecule has 0 saturated carbocycles. The Balaban J connectivity index is 0.00000512. The van der Waals surface area contributed by atoms with Crippen LogP contribution in [-0.4, -0.2) is 84.0 Å². The van der Waals surface area contributed by atoms with Gasteiger partial charge in [-0.05, 0) is 23.8 Å². The van der Waals surface area contributed by atoms with Crippen molar-refractivity contribution < 1.29 is 37.3 Å². The molecule has 2 N–H and O–H groups in total. The molecule has 1 radical (unpaired) electrons. The number of nitrogens with one attached hydrogen (secondary N) is 1. The monoisotopic (exact) mass is 474 g/mol. The van der Waals surface area contributed by atoms with Crippen molar-refractivity contribution in [3.63, 3.8) is 0 Å². The summed E-state index contributed by atoms with van der Waals surface area (Å²) in [4.78, 5) is 10.8. The molecule has 0 bridgehead atoms. The van der Waals surface area contributed by atoms with Crippen LogP contribution in [0.25, 0.3) is 6.08 Å². The van der Waals surface area contributed by atoms with Gasteiger partial charge in [-0.3, -0.25) is 4.79 Å². The SMILES string of the molecule is COc1cc(OC)c(C=CS(=O)(=O)Cc2ccc(OC)c(NCC(=O)O)c2)c(OC)c1.[Na]. The van der Waals surface area contributed by atoms with E-state index < -0.39 is 15.8 Å². The van der Waals surface area contributed by atoms with Crippen molar-refractivity contribution in [2.75, 3.05) is 40.3 Å². The minimum atomic E-state index is -3.67. The fraction of sp³-hybridized carbons (Fsp3) is 0.286. The van der Waals surface area contributed by atoms with Gasteiger partial charge in [0, 0.05) is 47.1 Å². The normalized spacial score (nSPS) is 10.9. The Labute approximate surface area is 209 Å². The van der Waals surface area contributed by atoms with Gasteiger partial charge in [-0.15, -0.1) is 0 Å². The van der Waals surface area contributed by atoms with E-state index in [-0.39, 0.29) is 41.9 Å². The van der Waals surface area contributed by atoms with E-state index in [1.807, 2.05) is 0 Å². The molecule has 0 aromatic heterocycles. The molecular formula is C21H25NNaO8S. The summed E-state index contributed by atoms with van der Waals surface area (Å²) in [6.45, 7) is -0.330. The smallest absolute Gasteiger partial charge is 0.322 e. The van der Waals surface area contributed by atoms with Gasteiger partial charge in [0.05, 0.1) is 45.4 Å². The minimum absolute atomic E-state index is 0. The number of benzene rings is 2. The molecule has 0 aliphatic heterocycles. The first kappa shape index (κ1) is 27.6. The zero-order valence-electron chi connectivity index (χ0n) is 18.7. The Morgan fingerprint density at radius 1 is 0.969 bits per heavy atom. The van der Waals surface area contributed by atoms with Crippen molar-refractivity contribution in [3.05, 3.63) is 46.9 Å². The van der Waals surface area contributed by atoms with Crippen molar-refractivity contribution in [3.8, 4) is 23.0 Å². The van der Waals surface area contributed by atoms with Gasteiger partial charge in [-0.2, -0.15) is 0 Å². The van der Waals surface area contributed by atoms with Crippen LogP contribution in [0.4, 0.5) is 5.69 Å². The average molecular weight is 474 g/mol. The van der Waals surface area contributed by atoms with Gasteiger partial charge >= 0.3 is 5.97 Å². The quantitative estimate of drug-likeness (QED) is 0.473. The molecular weight excluding hydrogens is 449 g/mol. The largest absolute Gasteiger partial charge is 0.496 e. The van der Waals surface area contributed by atoms with Gasteiger partial charge in [-0.25, -0.2) is 8.42 Å². The van der Waals surface area contributed by atoms with E-state index in [4.69, 9.17) is 24.1 Å². The Morgan fingerprint density at radius 2 is 1.56 bits per heavy atom. The summed E-state index contributed by atoms with van der Waals surface area (Å²) in [5.41, 5.74) is 1.31. The van der Waals surface area contributed by atoms with Crippen LogP contribution in [0.3, 0.4) is 0 Å². The first-order valence-corrected chi connectivity index (χ1v) is 10.8. The number of anilines is 1. The number of ether oxygens (including phenoxy) is 4. The van der Waals surface area contributed by atoms with E-state index in [0.29, 0.717) is 39.8 Å². The van der Waals surface area contributed by atoms with Crippen LogP contribution < -0.4 is 24.3 Å². The van der Waals surface area contributed by atoms with Crippen molar-refractivity contribution in [1.29, 1.82) is 0 Å². The number of sulfone groups is 1. The molecule has 32 heavy (non-hydrogen) atoms. The maximum atomic E-state index is 12.7. The topological polar surface area (TPSA) is 120 Å². The standard InChI is InChI=1S/C21H25NO8S.Na/c1-27-15-10-19(29-3)16(20(11-15)30-4)7-8-31(25,26)13-14-5-6-18(28-2)17(9-14)22-12-21(23)24;/h5-11,22H,12-13H2,1-4H3,(H,23,24);. The zero-order valence-corrected chi connectivity index (χ0v) is 21.5. The zero-order chi connectivity index (χ0) is 23.0. The van der Waals surface area contributed by atoms with Gasteiger partial charge in [0.1, 0.15) is 29.5 Å². The predicted molar refractivity (Wildman–Crippen MR) is 123 cm³/mol. The first-order chi connectivity index (χ1) is 14.7. The van der Waals surface area contributed by atoms with Gasteiger partial charge in [0.25, 0.3) is 0 Å². The van der Waals surface area contributed by atoms with E-state index in [9.17, 15) is 13.2 Å². The number of hydrogen-bond acceptors (Lipinski definition) is 8. The second-order valence-corrected chi connectivity index (χ2v) is 8.22. The molecule has 2 aromatic rings. The van der Waals surface area contributed by atoms with E-state index in [2.05, 4.69) is 5.32 Å². The first-order valence-electron chi connectivity index (χ1n) is 9.06. The summed E-state index contributed by atoms with van der Waals surface area (Å²) in [6.07, 6.45) is 1.40. The number of hydrogen-bond donors (Lipinski definition) is 2. The molecule has 0 aliphatic rings.